The molecule has 0 fully saturated rings. The second kappa shape index (κ2) is 5.53. The number of nitrogens with zero attached hydrogens (tertiary/aromatic N) is 1. The fraction of sp³-hybridized carbons (Fsp3) is 0.412. The molecule has 1 aromatic rings. The summed E-state index contributed by atoms with van der Waals surface area (Å²) in [6.45, 7) is 4.08. The van der Waals surface area contributed by atoms with E-state index in [9.17, 15) is 9.59 Å². The van der Waals surface area contributed by atoms with E-state index in [-0.39, 0.29) is 17.2 Å². The second-order valence-electron chi connectivity index (χ2n) is 6.91. The van der Waals surface area contributed by atoms with Crippen molar-refractivity contribution in [1.29, 1.82) is 0 Å². The molecular weight excluding hydrogens is 335 g/mol. The summed E-state index contributed by atoms with van der Waals surface area (Å²) in [6.07, 6.45) is 1.14. The predicted octanol–water partition coefficient (Wildman–Crippen LogP) is 4.33. The van der Waals surface area contributed by atoms with Crippen molar-refractivity contribution in [1.82, 2.24) is 10.2 Å². The summed E-state index contributed by atoms with van der Waals surface area (Å²) in [5.41, 5.74) is 1.95. The molecule has 23 heavy (non-hydrogen) atoms. The van der Waals surface area contributed by atoms with Crippen LogP contribution in [-0.4, -0.2) is 23.8 Å². The Bertz CT molecular complexity index is 740. The maximum atomic E-state index is 12.8. The van der Waals surface area contributed by atoms with Crippen molar-refractivity contribution in [3.8, 4) is 0 Å². The van der Waals surface area contributed by atoms with Crippen molar-refractivity contribution in [2.75, 3.05) is 7.05 Å². The van der Waals surface area contributed by atoms with Gasteiger partial charge in [-0.1, -0.05) is 43.1 Å². The van der Waals surface area contributed by atoms with Crippen LogP contribution in [0.4, 0.5) is 4.79 Å². The molecule has 1 heterocycles. The van der Waals surface area contributed by atoms with Gasteiger partial charge in [-0.2, -0.15) is 0 Å². The minimum absolute atomic E-state index is 0.0547. The van der Waals surface area contributed by atoms with Crippen LogP contribution < -0.4 is 5.32 Å². The molecule has 0 radical (unpaired) electrons. The Morgan fingerprint density at radius 2 is 1.91 bits per heavy atom. The average molecular weight is 353 g/mol. The molecule has 2 aliphatic rings. The number of carbonyl (C=O) groups excluding carboxylic acids is 2. The van der Waals surface area contributed by atoms with Gasteiger partial charge in [-0.15, -0.1) is 0 Å². The van der Waals surface area contributed by atoms with Crippen molar-refractivity contribution < 1.29 is 9.59 Å². The number of Topliss-reactive ketones (excluding diaryl/α,β-unsaturated/α-hetero) is 1. The molecule has 0 aromatic heterocycles. The summed E-state index contributed by atoms with van der Waals surface area (Å²) in [5, 5.41) is 3.84. The molecule has 6 heteroatoms. The molecule has 0 spiro atoms. The Hall–Kier alpha value is -1.52. The monoisotopic (exact) mass is 352 g/mol. The van der Waals surface area contributed by atoms with E-state index in [4.69, 9.17) is 23.2 Å². The van der Waals surface area contributed by atoms with Crippen LogP contribution in [0.1, 0.15) is 38.3 Å². The van der Waals surface area contributed by atoms with Crippen molar-refractivity contribution in [2.45, 2.75) is 32.7 Å². The third-order valence-electron chi connectivity index (χ3n) is 4.44. The fourth-order valence-electron chi connectivity index (χ4n) is 3.31. The molecule has 1 aliphatic heterocycles. The van der Waals surface area contributed by atoms with Crippen LogP contribution in [0.2, 0.25) is 10.0 Å². The van der Waals surface area contributed by atoms with Gasteiger partial charge in [-0.3, -0.25) is 4.79 Å². The first-order valence-electron chi connectivity index (χ1n) is 7.45. The summed E-state index contributed by atoms with van der Waals surface area (Å²) in [6, 6.07) is 4.34. The molecule has 1 atom stereocenters. The minimum atomic E-state index is -0.526. The Labute approximate surface area is 145 Å². The highest BCUT2D eigenvalue weighted by molar-refractivity contribution is 6.35. The molecule has 2 amide bonds. The van der Waals surface area contributed by atoms with Gasteiger partial charge in [0, 0.05) is 34.8 Å². The number of carbonyl (C=O) groups is 2. The van der Waals surface area contributed by atoms with Crippen molar-refractivity contribution in [3.63, 3.8) is 0 Å². The van der Waals surface area contributed by atoms with Gasteiger partial charge in [0.15, 0.2) is 5.78 Å². The van der Waals surface area contributed by atoms with Crippen LogP contribution >= 0.6 is 23.2 Å². The lowest BCUT2D eigenvalue weighted by atomic mass is 9.72. The van der Waals surface area contributed by atoms with E-state index in [1.165, 1.54) is 4.90 Å². The van der Waals surface area contributed by atoms with Gasteiger partial charge in [-0.05, 0) is 29.5 Å². The molecule has 3 rings (SSSR count). The highest BCUT2D eigenvalue weighted by atomic mass is 35.5. The van der Waals surface area contributed by atoms with E-state index in [2.05, 4.69) is 5.32 Å². The number of amides is 2. The van der Waals surface area contributed by atoms with E-state index in [1.54, 1.807) is 25.2 Å². The average Bonchev–Trinajstić information content (AvgIpc) is 2.42. The smallest absolute Gasteiger partial charge is 0.322 e. The van der Waals surface area contributed by atoms with E-state index >= 15 is 0 Å². The highest BCUT2D eigenvalue weighted by Gasteiger charge is 2.43. The van der Waals surface area contributed by atoms with E-state index < -0.39 is 6.04 Å². The first kappa shape index (κ1) is 16.3. The molecule has 1 N–H and O–H groups in total. The number of allylic oxidation sites excluding steroid dienone is 1. The molecule has 0 saturated heterocycles. The topological polar surface area (TPSA) is 49.4 Å². The molecule has 0 bridgehead atoms. The number of hydrogen-bond donors (Lipinski definition) is 1. The van der Waals surface area contributed by atoms with Gasteiger partial charge in [0.25, 0.3) is 0 Å². The molecule has 1 aliphatic carbocycles. The summed E-state index contributed by atoms with van der Waals surface area (Å²) in [5.74, 6) is 0.0547. The summed E-state index contributed by atoms with van der Waals surface area (Å²) >= 11 is 12.3. The SMILES string of the molecule is CN1C(=O)N[C@@H](c2ccc(Cl)cc2Cl)C2=C1CC(C)(C)CC2=O. The fourth-order valence-corrected chi connectivity index (χ4v) is 3.83. The second-order valence-corrected chi connectivity index (χ2v) is 7.75. The number of ketones is 1. The van der Waals surface area contributed by atoms with Gasteiger partial charge in [0.2, 0.25) is 0 Å². The third-order valence-corrected chi connectivity index (χ3v) is 5.00. The number of nitrogens with one attached hydrogen (secondary N) is 1. The van der Waals surface area contributed by atoms with Crippen LogP contribution in [0.25, 0.3) is 0 Å². The Morgan fingerprint density at radius 1 is 1.22 bits per heavy atom. The normalized spacial score (nSPS) is 23.7. The minimum Gasteiger partial charge on any atom is -0.327 e. The molecule has 1 aromatic carbocycles. The molecule has 4 nitrogen and oxygen atoms in total. The van der Waals surface area contributed by atoms with Crippen molar-refractivity contribution >= 4 is 35.0 Å². The van der Waals surface area contributed by atoms with Gasteiger partial charge in [-0.25, -0.2) is 4.79 Å². The number of halogens is 2. The van der Waals surface area contributed by atoms with Crippen LogP contribution in [0, 0.1) is 5.41 Å². The number of hydrogen-bond acceptors (Lipinski definition) is 2. The van der Waals surface area contributed by atoms with E-state index in [0.29, 0.717) is 34.0 Å². The number of benzene rings is 1. The Morgan fingerprint density at radius 3 is 2.57 bits per heavy atom. The molecule has 0 unspecified atom stereocenters. The maximum Gasteiger partial charge on any atom is 0.322 e. The molecule has 122 valence electrons. The number of rotatable bonds is 1. The lowest BCUT2D eigenvalue weighted by Crippen LogP contribution is -2.49. The van der Waals surface area contributed by atoms with Crippen LogP contribution in [0.5, 0.6) is 0 Å². The van der Waals surface area contributed by atoms with Crippen molar-refractivity contribution in [3.05, 3.63) is 45.1 Å². The Balaban J connectivity index is 2.16. The maximum absolute atomic E-state index is 12.8. The zero-order valence-electron chi connectivity index (χ0n) is 13.2. The summed E-state index contributed by atoms with van der Waals surface area (Å²) in [4.78, 5) is 26.6. The first-order chi connectivity index (χ1) is 10.7. The highest BCUT2D eigenvalue weighted by Crippen LogP contribution is 2.44. The van der Waals surface area contributed by atoms with Crippen LogP contribution in [-0.2, 0) is 4.79 Å². The van der Waals surface area contributed by atoms with Crippen LogP contribution in [0.15, 0.2) is 29.5 Å². The summed E-state index contributed by atoms with van der Waals surface area (Å²) < 4.78 is 0. The lowest BCUT2D eigenvalue weighted by molar-refractivity contribution is -0.118. The van der Waals surface area contributed by atoms with Gasteiger partial charge < -0.3 is 10.2 Å². The van der Waals surface area contributed by atoms with Crippen LogP contribution in [0.3, 0.4) is 0 Å². The van der Waals surface area contributed by atoms with Gasteiger partial charge in [0.05, 0.1) is 6.04 Å². The quantitative estimate of drug-likeness (QED) is 0.817. The first-order valence-corrected chi connectivity index (χ1v) is 8.20. The summed E-state index contributed by atoms with van der Waals surface area (Å²) in [7, 11) is 1.69. The third kappa shape index (κ3) is 2.86. The molecule has 0 saturated carbocycles. The largest absolute Gasteiger partial charge is 0.327 e. The zero-order valence-corrected chi connectivity index (χ0v) is 14.8. The van der Waals surface area contributed by atoms with Gasteiger partial charge >= 0.3 is 6.03 Å². The standard InChI is InChI=1S/C17H18Cl2N2O2/c1-17(2)7-12-14(13(22)8-17)15(20-16(23)21(12)3)10-5-4-9(18)6-11(10)19/h4-6,15H,7-8H2,1-3H3,(H,20,23)/t15-/m0/s1. The molecular formula is C17H18Cl2N2O2. The van der Waals surface area contributed by atoms with Gasteiger partial charge in [0.1, 0.15) is 0 Å². The van der Waals surface area contributed by atoms with E-state index in [1.807, 2.05) is 13.8 Å². The predicted molar refractivity (Wildman–Crippen MR) is 90.5 cm³/mol. The van der Waals surface area contributed by atoms with Crippen molar-refractivity contribution in [2.24, 2.45) is 5.41 Å². The van der Waals surface area contributed by atoms with E-state index in [0.717, 1.165) is 5.70 Å². The Kier molecular flexibility index (Phi) is 3.93. The zero-order chi connectivity index (χ0) is 16.9. The lowest BCUT2D eigenvalue weighted by Gasteiger charge is -2.42. The number of urea groups is 1.